The van der Waals surface area contributed by atoms with Crippen LogP contribution in [0.4, 0.5) is 0 Å². The van der Waals surface area contributed by atoms with E-state index in [9.17, 15) is 5.11 Å². The van der Waals surface area contributed by atoms with E-state index in [-0.39, 0.29) is 0 Å². The van der Waals surface area contributed by atoms with Crippen molar-refractivity contribution in [2.45, 2.75) is 19.6 Å². The molecule has 0 aliphatic carbocycles. The average molecular weight is 241 g/mol. The Morgan fingerprint density at radius 2 is 1.78 bits per heavy atom. The van der Waals surface area contributed by atoms with Gasteiger partial charge in [0, 0.05) is 0 Å². The van der Waals surface area contributed by atoms with Crippen LogP contribution < -0.4 is 4.74 Å². The molecule has 0 spiro atoms. The molecule has 1 atom stereocenters. The second-order valence-corrected chi connectivity index (χ2v) is 4.27. The molecule has 0 fully saturated rings. The highest BCUT2D eigenvalue weighted by Gasteiger charge is 2.08. The summed E-state index contributed by atoms with van der Waals surface area (Å²) in [6.45, 7) is 6.09. The van der Waals surface area contributed by atoms with Crippen LogP contribution in [-0.4, -0.2) is 5.11 Å². The Hall–Kier alpha value is -1.80. The van der Waals surface area contributed by atoms with E-state index in [0.29, 0.717) is 6.61 Å². The van der Waals surface area contributed by atoms with Gasteiger partial charge < -0.3 is 9.84 Å². The minimum absolute atomic E-state index is 0.438. The van der Waals surface area contributed by atoms with Gasteiger partial charge in [0.15, 0.2) is 0 Å². The van der Waals surface area contributed by atoms with E-state index >= 15 is 0 Å². The summed E-state index contributed by atoms with van der Waals surface area (Å²) in [5.41, 5.74) is 2.87. The fraction of sp³-hybridized carbons (Fsp3) is 0.188. The molecule has 18 heavy (non-hydrogen) atoms. The van der Waals surface area contributed by atoms with Crippen molar-refractivity contribution in [2.75, 3.05) is 0 Å². The number of benzene rings is 2. The highest BCUT2D eigenvalue weighted by Crippen LogP contribution is 2.21. The first kappa shape index (κ1) is 12.7. The van der Waals surface area contributed by atoms with Gasteiger partial charge in [-0.05, 0) is 36.6 Å². The van der Waals surface area contributed by atoms with E-state index < -0.39 is 6.10 Å². The topological polar surface area (TPSA) is 29.5 Å². The summed E-state index contributed by atoms with van der Waals surface area (Å²) in [5.74, 6) is 0.867. The fourth-order valence-corrected chi connectivity index (χ4v) is 1.86. The second kappa shape index (κ2) is 5.69. The third-order valence-electron chi connectivity index (χ3n) is 2.89. The van der Waals surface area contributed by atoms with Crippen LogP contribution in [0, 0.1) is 13.8 Å². The predicted molar refractivity (Wildman–Crippen MR) is 72.3 cm³/mol. The maximum Gasteiger partial charge on any atom is 0.122 e. The zero-order valence-electron chi connectivity index (χ0n) is 10.5. The molecule has 2 aromatic rings. The summed E-state index contributed by atoms with van der Waals surface area (Å²) in [6, 6.07) is 15.5. The molecule has 1 unspecified atom stereocenters. The molecule has 0 aliphatic heterocycles. The summed E-state index contributed by atoms with van der Waals surface area (Å²) in [4.78, 5) is 0. The fourth-order valence-electron chi connectivity index (χ4n) is 1.86. The molecule has 0 saturated heterocycles. The molecule has 93 valence electrons. The van der Waals surface area contributed by atoms with Gasteiger partial charge in [0.2, 0.25) is 0 Å². The number of hydrogen-bond donors (Lipinski definition) is 1. The third-order valence-corrected chi connectivity index (χ3v) is 2.89. The Balaban J connectivity index is 2.14. The lowest BCUT2D eigenvalue weighted by molar-refractivity contribution is 0.220. The second-order valence-electron chi connectivity index (χ2n) is 4.27. The monoisotopic (exact) mass is 241 g/mol. The van der Waals surface area contributed by atoms with E-state index in [2.05, 4.69) is 6.92 Å². The first-order chi connectivity index (χ1) is 8.68. The van der Waals surface area contributed by atoms with Crippen molar-refractivity contribution in [1.82, 2.24) is 0 Å². The van der Waals surface area contributed by atoms with E-state index in [1.807, 2.05) is 55.5 Å². The first-order valence-corrected chi connectivity index (χ1v) is 5.96. The molecule has 0 amide bonds. The molecule has 2 rings (SSSR count). The Morgan fingerprint density at radius 3 is 2.50 bits per heavy atom. The molecule has 0 saturated carbocycles. The SMILES string of the molecule is [CH2]C(O)c1ccccc1COc1ccccc1C. The van der Waals surface area contributed by atoms with E-state index in [1.54, 1.807) is 0 Å². The quantitative estimate of drug-likeness (QED) is 0.888. The van der Waals surface area contributed by atoms with Crippen molar-refractivity contribution in [1.29, 1.82) is 0 Å². The van der Waals surface area contributed by atoms with Crippen molar-refractivity contribution >= 4 is 0 Å². The smallest absolute Gasteiger partial charge is 0.122 e. The molecular formula is C16H17O2. The van der Waals surface area contributed by atoms with Gasteiger partial charge in [0.05, 0.1) is 6.10 Å². The molecule has 1 N–H and O–H groups in total. The Morgan fingerprint density at radius 1 is 1.11 bits per heavy atom. The van der Waals surface area contributed by atoms with Gasteiger partial charge in [-0.2, -0.15) is 0 Å². The van der Waals surface area contributed by atoms with Gasteiger partial charge in [-0.3, -0.25) is 0 Å². The number of hydrogen-bond acceptors (Lipinski definition) is 2. The largest absolute Gasteiger partial charge is 0.489 e. The number of para-hydroxylation sites is 1. The van der Waals surface area contributed by atoms with E-state index in [1.165, 1.54) is 0 Å². The van der Waals surface area contributed by atoms with Crippen LogP contribution in [0.15, 0.2) is 48.5 Å². The van der Waals surface area contributed by atoms with Gasteiger partial charge in [-0.25, -0.2) is 0 Å². The minimum atomic E-state index is -0.721. The predicted octanol–water partition coefficient (Wildman–Crippen LogP) is 3.44. The molecule has 0 bridgehead atoms. The van der Waals surface area contributed by atoms with Gasteiger partial charge in [0.25, 0.3) is 0 Å². The van der Waals surface area contributed by atoms with Crippen LogP contribution in [-0.2, 0) is 6.61 Å². The Labute approximate surface area is 108 Å². The van der Waals surface area contributed by atoms with Gasteiger partial charge >= 0.3 is 0 Å². The average Bonchev–Trinajstić information content (AvgIpc) is 2.38. The lowest BCUT2D eigenvalue weighted by atomic mass is 10.0. The highest BCUT2D eigenvalue weighted by atomic mass is 16.5. The van der Waals surface area contributed by atoms with Crippen LogP contribution in [0.5, 0.6) is 5.75 Å². The van der Waals surface area contributed by atoms with Crippen LogP contribution >= 0.6 is 0 Å². The molecule has 2 aromatic carbocycles. The van der Waals surface area contributed by atoms with Crippen LogP contribution in [0.1, 0.15) is 22.8 Å². The lowest BCUT2D eigenvalue weighted by Gasteiger charge is -2.13. The van der Waals surface area contributed by atoms with Crippen LogP contribution in [0.2, 0.25) is 0 Å². The van der Waals surface area contributed by atoms with Crippen LogP contribution in [0.3, 0.4) is 0 Å². The molecule has 2 nitrogen and oxygen atoms in total. The highest BCUT2D eigenvalue weighted by molar-refractivity contribution is 5.33. The number of aryl methyl sites for hydroxylation is 1. The van der Waals surface area contributed by atoms with Crippen molar-refractivity contribution in [3.05, 3.63) is 72.1 Å². The molecule has 0 aromatic heterocycles. The van der Waals surface area contributed by atoms with Crippen molar-refractivity contribution in [2.24, 2.45) is 0 Å². The molecule has 0 heterocycles. The maximum atomic E-state index is 9.59. The molecule has 2 heteroatoms. The van der Waals surface area contributed by atoms with Crippen molar-refractivity contribution < 1.29 is 9.84 Å². The summed E-state index contributed by atoms with van der Waals surface area (Å²) >= 11 is 0. The number of aliphatic hydroxyl groups is 1. The summed E-state index contributed by atoms with van der Waals surface area (Å²) in [6.07, 6.45) is -0.721. The number of rotatable bonds is 4. The third kappa shape index (κ3) is 2.90. The number of ether oxygens (including phenoxy) is 1. The Kier molecular flexibility index (Phi) is 4.00. The van der Waals surface area contributed by atoms with E-state index in [0.717, 1.165) is 22.4 Å². The number of aliphatic hydroxyl groups excluding tert-OH is 1. The Bertz CT molecular complexity index is 518. The van der Waals surface area contributed by atoms with Gasteiger partial charge in [0.1, 0.15) is 12.4 Å². The molecule has 1 radical (unpaired) electrons. The molecule has 0 aliphatic rings. The molecular weight excluding hydrogens is 224 g/mol. The van der Waals surface area contributed by atoms with Gasteiger partial charge in [-0.1, -0.05) is 42.5 Å². The summed E-state index contributed by atoms with van der Waals surface area (Å²) in [5, 5.41) is 9.59. The summed E-state index contributed by atoms with van der Waals surface area (Å²) in [7, 11) is 0. The minimum Gasteiger partial charge on any atom is -0.489 e. The summed E-state index contributed by atoms with van der Waals surface area (Å²) < 4.78 is 5.77. The maximum absolute atomic E-state index is 9.59. The zero-order chi connectivity index (χ0) is 13.0. The van der Waals surface area contributed by atoms with E-state index in [4.69, 9.17) is 4.74 Å². The standard InChI is InChI=1S/C16H17O2/c1-12-7-3-6-10-16(12)18-11-14-8-4-5-9-15(14)13(2)17/h3-10,13,17H,2,11H2,1H3. The lowest BCUT2D eigenvalue weighted by Crippen LogP contribution is -2.03. The van der Waals surface area contributed by atoms with Gasteiger partial charge in [-0.15, -0.1) is 0 Å². The normalized spacial score (nSPS) is 12.2. The zero-order valence-corrected chi connectivity index (χ0v) is 10.5. The van der Waals surface area contributed by atoms with Crippen molar-refractivity contribution in [3.63, 3.8) is 0 Å². The first-order valence-electron chi connectivity index (χ1n) is 5.96. The van der Waals surface area contributed by atoms with Crippen molar-refractivity contribution in [3.8, 4) is 5.75 Å². The van der Waals surface area contributed by atoms with Crippen LogP contribution in [0.25, 0.3) is 0 Å².